The van der Waals surface area contributed by atoms with Gasteiger partial charge in [0.25, 0.3) is 0 Å². The number of ether oxygens (including phenoxy) is 1. The number of fused-ring (bicyclic) bond motifs is 1. The maximum atomic E-state index is 8.77. The Morgan fingerprint density at radius 2 is 1.81 bits per heavy atom. The van der Waals surface area contributed by atoms with Crippen molar-refractivity contribution in [2.75, 3.05) is 32.7 Å². The van der Waals surface area contributed by atoms with Crippen LogP contribution >= 0.6 is 0 Å². The fourth-order valence-electron chi connectivity index (χ4n) is 3.49. The zero-order valence-electron chi connectivity index (χ0n) is 15.9. The Kier molecular flexibility index (Phi) is 6.49. The molecule has 1 unspecified atom stereocenters. The second-order valence-electron chi connectivity index (χ2n) is 7.13. The Hall–Kier alpha value is -2.09. The topological polar surface area (TPSA) is 39.5 Å². The Morgan fingerprint density at radius 3 is 2.54 bits per heavy atom. The number of piperazine rings is 1. The van der Waals surface area contributed by atoms with Crippen molar-refractivity contribution in [3.05, 3.63) is 42.0 Å². The maximum absolute atomic E-state index is 8.77. The van der Waals surface area contributed by atoms with E-state index in [2.05, 4.69) is 66.1 Å². The Labute approximate surface area is 157 Å². The smallest absolute Gasteiger partial charge is 0.124 e. The molecule has 1 atom stereocenters. The highest BCUT2D eigenvalue weighted by Gasteiger charge is 2.19. The van der Waals surface area contributed by atoms with E-state index >= 15 is 0 Å². The van der Waals surface area contributed by atoms with Crippen molar-refractivity contribution in [1.29, 1.82) is 5.26 Å². The third kappa shape index (κ3) is 4.55. The summed E-state index contributed by atoms with van der Waals surface area (Å²) in [6.07, 6.45) is 1.85. The molecule has 0 aliphatic carbocycles. The molecule has 26 heavy (non-hydrogen) atoms. The first-order valence-corrected chi connectivity index (χ1v) is 9.70. The highest BCUT2D eigenvalue weighted by atomic mass is 16.5. The lowest BCUT2D eigenvalue weighted by molar-refractivity contribution is 0.127. The molecule has 0 radical (unpaired) electrons. The first-order chi connectivity index (χ1) is 12.7. The average molecular weight is 351 g/mol. The summed E-state index contributed by atoms with van der Waals surface area (Å²) >= 11 is 0. The number of nitrogens with zero attached hydrogens (tertiary/aromatic N) is 3. The van der Waals surface area contributed by atoms with Crippen molar-refractivity contribution in [3.63, 3.8) is 0 Å². The van der Waals surface area contributed by atoms with Gasteiger partial charge < -0.3 is 4.74 Å². The van der Waals surface area contributed by atoms with Gasteiger partial charge in [-0.2, -0.15) is 5.26 Å². The minimum absolute atomic E-state index is 0.220. The van der Waals surface area contributed by atoms with Crippen LogP contribution in [-0.4, -0.2) is 48.6 Å². The molecule has 138 valence electrons. The van der Waals surface area contributed by atoms with Crippen molar-refractivity contribution in [2.24, 2.45) is 0 Å². The SMILES string of the molecule is CCC(C)Oc1ccc2ccccc2c1CN1CCN(CCC#N)CC1. The fourth-order valence-corrected chi connectivity index (χ4v) is 3.49. The first kappa shape index (κ1) is 18.7. The van der Waals surface area contributed by atoms with Crippen molar-refractivity contribution >= 4 is 10.8 Å². The number of hydrogen-bond donors (Lipinski definition) is 0. The third-order valence-electron chi connectivity index (χ3n) is 5.29. The molecule has 1 fully saturated rings. The molecule has 1 aliphatic rings. The van der Waals surface area contributed by atoms with Gasteiger partial charge in [0.05, 0.1) is 12.2 Å². The van der Waals surface area contributed by atoms with Crippen molar-refractivity contribution in [1.82, 2.24) is 9.80 Å². The Bertz CT molecular complexity index is 760. The van der Waals surface area contributed by atoms with E-state index < -0.39 is 0 Å². The normalized spacial score (nSPS) is 17.1. The van der Waals surface area contributed by atoms with Crippen LogP contribution in [0.2, 0.25) is 0 Å². The van der Waals surface area contributed by atoms with Crippen molar-refractivity contribution in [3.8, 4) is 11.8 Å². The number of hydrogen-bond acceptors (Lipinski definition) is 4. The molecular weight excluding hydrogens is 322 g/mol. The summed E-state index contributed by atoms with van der Waals surface area (Å²) in [6.45, 7) is 10.2. The van der Waals surface area contributed by atoms with Crippen LogP contribution in [0.15, 0.2) is 36.4 Å². The summed E-state index contributed by atoms with van der Waals surface area (Å²) in [7, 11) is 0. The van der Waals surface area contributed by atoms with Crippen molar-refractivity contribution in [2.45, 2.75) is 39.3 Å². The van der Waals surface area contributed by atoms with E-state index in [1.807, 2.05) is 0 Å². The van der Waals surface area contributed by atoms with Gasteiger partial charge >= 0.3 is 0 Å². The number of nitriles is 1. The summed E-state index contributed by atoms with van der Waals surface area (Å²) in [5, 5.41) is 11.3. The van der Waals surface area contributed by atoms with Gasteiger partial charge in [0.1, 0.15) is 5.75 Å². The molecule has 0 saturated carbocycles. The predicted octanol–water partition coefficient (Wildman–Crippen LogP) is 4.05. The van der Waals surface area contributed by atoms with E-state index in [9.17, 15) is 0 Å². The molecule has 2 aromatic carbocycles. The molecule has 1 heterocycles. The largest absolute Gasteiger partial charge is 0.490 e. The molecule has 0 bridgehead atoms. The van der Waals surface area contributed by atoms with Crippen LogP contribution in [0.4, 0.5) is 0 Å². The van der Waals surface area contributed by atoms with Crippen LogP contribution in [0.5, 0.6) is 5.75 Å². The van der Waals surface area contributed by atoms with Crippen LogP contribution < -0.4 is 4.74 Å². The predicted molar refractivity (Wildman–Crippen MR) is 106 cm³/mol. The standard InChI is InChI=1S/C22H29N3O/c1-3-18(2)26-22-10-9-19-7-4-5-8-20(19)21(22)17-25-15-13-24(14-16-25)12-6-11-23/h4-5,7-10,18H,3,6,12-17H2,1-2H3. The van der Waals surface area contributed by atoms with Crippen LogP contribution in [0, 0.1) is 11.3 Å². The van der Waals surface area contributed by atoms with E-state index in [4.69, 9.17) is 10.00 Å². The molecule has 0 amide bonds. The van der Waals surface area contributed by atoms with Gasteiger partial charge in [-0.15, -0.1) is 0 Å². The maximum Gasteiger partial charge on any atom is 0.124 e. The summed E-state index contributed by atoms with van der Waals surface area (Å²) in [6, 6.07) is 15.1. The highest BCUT2D eigenvalue weighted by molar-refractivity contribution is 5.87. The lowest BCUT2D eigenvalue weighted by Crippen LogP contribution is -2.46. The number of rotatable bonds is 7. The van der Waals surface area contributed by atoms with Gasteiger partial charge in [-0.1, -0.05) is 37.3 Å². The molecular formula is C22H29N3O. The van der Waals surface area contributed by atoms with Crippen LogP contribution in [0.25, 0.3) is 10.8 Å². The zero-order valence-corrected chi connectivity index (χ0v) is 15.9. The van der Waals surface area contributed by atoms with Gasteiger partial charge in [-0.05, 0) is 30.2 Å². The van der Waals surface area contributed by atoms with Crippen LogP contribution in [0.1, 0.15) is 32.3 Å². The summed E-state index contributed by atoms with van der Waals surface area (Å²) in [5.41, 5.74) is 1.30. The molecule has 0 N–H and O–H groups in total. The van der Waals surface area contributed by atoms with E-state index in [0.29, 0.717) is 6.42 Å². The minimum Gasteiger partial charge on any atom is -0.490 e. The molecule has 4 nitrogen and oxygen atoms in total. The van der Waals surface area contributed by atoms with Gasteiger partial charge in [0.15, 0.2) is 0 Å². The molecule has 0 spiro atoms. The second-order valence-corrected chi connectivity index (χ2v) is 7.13. The number of benzene rings is 2. The highest BCUT2D eigenvalue weighted by Crippen LogP contribution is 2.30. The minimum atomic E-state index is 0.220. The Balaban J connectivity index is 1.77. The van der Waals surface area contributed by atoms with Gasteiger partial charge in [-0.3, -0.25) is 9.80 Å². The average Bonchev–Trinajstić information content (AvgIpc) is 2.69. The monoisotopic (exact) mass is 351 g/mol. The van der Waals surface area contributed by atoms with Gasteiger partial charge in [-0.25, -0.2) is 0 Å². The lowest BCUT2D eigenvalue weighted by Gasteiger charge is -2.35. The molecule has 4 heteroatoms. The molecule has 2 aromatic rings. The fraction of sp³-hybridized carbons (Fsp3) is 0.500. The third-order valence-corrected chi connectivity index (χ3v) is 5.29. The van der Waals surface area contributed by atoms with E-state index in [0.717, 1.165) is 51.4 Å². The summed E-state index contributed by atoms with van der Waals surface area (Å²) in [5.74, 6) is 1.02. The van der Waals surface area contributed by atoms with Crippen LogP contribution in [0.3, 0.4) is 0 Å². The van der Waals surface area contributed by atoms with Crippen LogP contribution in [-0.2, 0) is 6.54 Å². The summed E-state index contributed by atoms with van der Waals surface area (Å²) in [4.78, 5) is 4.90. The van der Waals surface area contributed by atoms with Crippen molar-refractivity contribution < 1.29 is 4.74 Å². The molecule has 3 rings (SSSR count). The second kappa shape index (κ2) is 9.02. The Morgan fingerprint density at radius 1 is 1.08 bits per heavy atom. The van der Waals surface area contributed by atoms with Gasteiger partial charge in [0.2, 0.25) is 0 Å². The summed E-state index contributed by atoms with van der Waals surface area (Å²) < 4.78 is 6.25. The van der Waals surface area contributed by atoms with E-state index in [1.54, 1.807) is 0 Å². The first-order valence-electron chi connectivity index (χ1n) is 9.70. The lowest BCUT2D eigenvalue weighted by atomic mass is 10.0. The zero-order chi connectivity index (χ0) is 18.4. The quantitative estimate of drug-likeness (QED) is 0.754. The molecule has 0 aromatic heterocycles. The van der Waals surface area contributed by atoms with Gasteiger partial charge in [0, 0.05) is 51.3 Å². The van der Waals surface area contributed by atoms with E-state index in [1.165, 1.54) is 16.3 Å². The molecule has 1 aliphatic heterocycles. The van der Waals surface area contributed by atoms with E-state index in [-0.39, 0.29) is 6.10 Å². The molecule has 1 saturated heterocycles.